The Kier molecular flexibility index (Phi) is 8.31. The minimum atomic E-state index is 0. The van der Waals surface area contributed by atoms with Crippen molar-refractivity contribution in [2.45, 2.75) is 31.4 Å². The SMILES string of the molecule is CCNC(=NCC1CCCS1)NCCc1ccc2c(c1)OCO2.I. The number of rotatable bonds is 6. The minimum absolute atomic E-state index is 0. The number of fused-ring (bicyclic) bond motifs is 1. The van der Waals surface area contributed by atoms with Crippen molar-refractivity contribution in [3.8, 4) is 11.5 Å². The Hall–Kier alpha value is -0.830. The van der Waals surface area contributed by atoms with Crippen molar-refractivity contribution in [3.63, 3.8) is 0 Å². The largest absolute Gasteiger partial charge is 0.454 e. The van der Waals surface area contributed by atoms with Gasteiger partial charge in [-0.25, -0.2) is 0 Å². The van der Waals surface area contributed by atoms with Crippen LogP contribution in [0.4, 0.5) is 0 Å². The molecule has 1 unspecified atom stereocenters. The van der Waals surface area contributed by atoms with E-state index >= 15 is 0 Å². The van der Waals surface area contributed by atoms with Crippen LogP contribution < -0.4 is 20.1 Å². The minimum Gasteiger partial charge on any atom is -0.454 e. The Labute approximate surface area is 165 Å². The van der Waals surface area contributed by atoms with E-state index in [2.05, 4.69) is 29.7 Å². The number of thioether (sulfide) groups is 1. The summed E-state index contributed by atoms with van der Waals surface area (Å²) in [5.74, 6) is 3.89. The molecular formula is C17H26IN3O2S. The van der Waals surface area contributed by atoms with E-state index in [9.17, 15) is 0 Å². The summed E-state index contributed by atoms with van der Waals surface area (Å²) in [6.45, 7) is 5.06. The molecule has 2 aliphatic heterocycles. The smallest absolute Gasteiger partial charge is 0.231 e. The summed E-state index contributed by atoms with van der Waals surface area (Å²) in [4.78, 5) is 4.71. The summed E-state index contributed by atoms with van der Waals surface area (Å²) in [6, 6.07) is 6.13. The summed E-state index contributed by atoms with van der Waals surface area (Å²) in [5, 5.41) is 7.43. The maximum atomic E-state index is 5.42. The Bertz CT molecular complexity index is 551. The first-order valence-electron chi connectivity index (χ1n) is 8.37. The molecule has 0 aliphatic carbocycles. The van der Waals surface area contributed by atoms with Crippen LogP contribution in [0.3, 0.4) is 0 Å². The fourth-order valence-electron chi connectivity index (χ4n) is 2.74. The highest BCUT2D eigenvalue weighted by Crippen LogP contribution is 2.32. The zero-order valence-corrected chi connectivity index (χ0v) is 17.2. The van der Waals surface area contributed by atoms with Crippen LogP contribution in [0, 0.1) is 0 Å². The summed E-state index contributed by atoms with van der Waals surface area (Å²) in [6.07, 6.45) is 3.56. The molecule has 0 bridgehead atoms. The Morgan fingerprint density at radius 2 is 2.17 bits per heavy atom. The van der Waals surface area contributed by atoms with Gasteiger partial charge in [-0.1, -0.05) is 6.07 Å². The van der Waals surface area contributed by atoms with Gasteiger partial charge in [0.2, 0.25) is 6.79 Å². The van der Waals surface area contributed by atoms with Crippen molar-refractivity contribution >= 4 is 41.7 Å². The van der Waals surface area contributed by atoms with Crippen molar-refractivity contribution in [1.82, 2.24) is 10.6 Å². The lowest BCUT2D eigenvalue weighted by Gasteiger charge is -2.13. The second-order valence-electron chi connectivity index (χ2n) is 5.72. The molecule has 0 amide bonds. The molecule has 0 saturated carbocycles. The molecule has 1 saturated heterocycles. The zero-order chi connectivity index (χ0) is 15.9. The quantitative estimate of drug-likeness (QED) is 0.386. The molecular weight excluding hydrogens is 437 g/mol. The van der Waals surface area contributed by atoms with Crippen LogP contribution in [0.25, 0.3) is 0 Å². The van der Waals surface area contributed by atoms with Crippen LogP contribution >= 0.6 is 35.7 Å². The van der Waals surface area contributed by atoms with Crippen LogP contribution in [-0.2, 0) is 6.42 Å². The summed E-state index contributed by atoms with van der Waals surface area (Å²) < 4.78 is 10.8. The van der Waals surface area contributed by atoms with E-state index in [4.69, 9.17) is 14.5 Å². The van der Waals surface area contributed by atoms with E-state index in [-0.39, 0.29) is 24.0 Å². The average molecular weight is 463 g/mol. The molecule has 134 valence electrons. The summed E-state index contributed by atoms with van der Waals surface area (Å²) >= 11 is 2.05. The van der Waals surface area contributed by atoms with Gasteiger partial charge in [0.15, 0.2) is 17.5 Å². The number of ether oxygens (including phenoxy) is 2. The number of halogens is 1. The second kappa shape index (κ2) is 10.2. The van der Waals surface area contributed by atoms with Crippen molar-refractivity contribution in [2.75, 3.05) is 32.2 Å². The van der Waals surface area contributed by atoms with Gasteiger partial charge in [-0.3, -0.25) is 4.99 Å². The zero-order valence-electron chi connectivity index (χ0n) is 14.0. The van der Waals surface area contributed by atoms with Gasteiger partial charge in [-0.2, -0.15) is 11.8 Å². The van der Waals surface area contributed by atoms with Crippen LogP contribution in [-0.4, -0.2) is 43.4 Å². The van der Waals surface area contributed by atoms with E-state index in [1.165, 1.54) is 24.2 Å². The van der Waals surface area contributed by atoms with Gasteiger partial charge in [0.25, 0.3) is 0 Å². The molecule has 2 heterocycles. The van der Waals surface area contributed by atoms with Gasteiger partial charge < -0.3 is 20.1 Å². The van der Waals surface area contributed by atoms with Crippen LogP contribution in [0.5, 0.6) is 11.5 Å². The third-order valence-electron chi connectivity index (χ3n) is 3.96. The molecule has 1 fully saturated rings. The Morgan fingerprint density at radius 1 is 1.29 bits per heavy atom. The predicted molar refractivity (Wildman–Crippen MR) is 111 cm³/mol. The standard InChI is InChI=1S/C17H25N3O2S.HI/c1-2-18-17(20-11-14-4-3-9-23-14)19-8-7-13-5-6-15-16(10-13)22-12-21-15;/h5-6,10,14H,2-4,7-9,11-12H2,1H3,(H2,18,19,20);1H. The molecule has 2 N–H and O–H groups in total. The monoisotopic (exact) mass is 463 g/mol. The van der Waals surface area contributed by atoms with Gasteiger partial charge >= 0.3 is 0 Å². The Morgan fingerprint density at radius 3 is 2.96 bits per heavy atom. The van der Waals surface area contributed by atoms with Gasteiger partial charge in [0, 0.05) is 18.3 Å². The third kappa shape index (κ3) is 5.61. The molecule has 3 rings (SSSR count). The van der Waals surface area contributed by atoms with Crippen molar-refractivity contribution in [2.24, 2.45) is 4.99 Å². The van der Waals surface area contributed by atoms with E-state index in [1.54, 1.807) is 0 Å². The summed E-state index contributed by atoms with van der Waals surface area (Å²) in [7, 11) is 0. The van der Waals surface area contributed by atoms with Crippen LogP contribution in [0.2, 0.25) is 0 Å². The fourth-order valence-corrected chi connectivity index (χ4v) is 3.92. The molecule has 0 aromatic heterocycles. The fraction of sp³-hybridized carbons (Fsp3) is 0.588. The maximum Gasteiger partial charge on any atom is 0.231 e. The molecule has 1 atom stereocenters. The number of nitrogens with zero attached hydrogens (tertiary/aromatic N) is 1. The highest BCUT2D eigenvalue weighted by molar-refractivity contribution is 14.0. The number of hydrogen-bond acceptors (Lipinski definition) is 4. The van der Waals surface area contributed by atoms with E-state index in [1.807, 2.05) is 17.8 Å². The molecule has 1 aromatic rings. The van der Waals surface area contributed by atoms with E-state index in [0.717, 1.165) is 43.5 Å². The molecule has 0 radical (unpaired) electrons. The molecule has 7 heteroatoms. The molecule has 0 spiro atoms. The number of hydrogen-bond donors (Lipinski definition) is 2. The second-order valence-corrected chi connectivity index (χ2v) is 7.13. The van der Waals surface area contributed by atoms with Crippen LogP contribution in [0.15, 0.2) is 23.2 Å². The summed E-state index contributed by atoms with van der Waals surface area (Å²) in [5.41, 5.74) is 1.24. The lowest BCUT2D eigenvalue weighted by Crippen LogP contribution is -2.38. The van der Waals surface area contributed by atoms with Crippen LogP contribution in [0.1, 0.15) is 25.3 Å². The van der Waals surface area contributed by atoms with Crippen molar-refractivity contribution < 1.29 is 9.47 Å². The van der Waals surface area contributed by atoms with Gasteiger partial charge in [-0.15, -0.1) is 24.0 Å². The third-order valence-corrected chi connectivity index (χ3v) is 5.34. The highest BCUT2D eigenvalue weighted by Gasteiger charge is 2.15. The first-order valence-corrected chi connectivity index (χ1v) is 9.42. The molecule has 5 nitrogen and oxygen atoms in total. The average Bonchev–Trinajstić information content (AvgIpc) is 3.23. The predicted octanol–water partition coefficient (Wildman–Crippen LogP) is 3.03. The number of guanidine groups is 1. The highest BCUT2D eigenvalue weighted by atomic mass is 127. The van der Waals surface area contributed by atoms with Crippen molar-refractivity contribution in [1.29, 1.82) is 0 Å². The lowest BCUT2D eigenvalue weighted by molar-refractivity contribution is 0.174. The topological polar surface area (TPSA) is 54.9 Å². The van der Waals surface area contributed by atoms with Gasteiger partial charge in [0.05, 0.1) is 6.54 Å². The van der Waals surface area contributed by atoms with E-state index < -0.39 is 0 Å². The van der Waals surface area contributed by atoms with Crippen molar-refractivity contribution in [3.05, 3.63) is 23.8 Å². The van der Waals surface area contributed by atoms with Gasteiger partial charge in [-0.05, 0) is 49.6 Å². The number of aliphatic imine (C=N–C) groups is 1. The lowest BCUT2D eigenvalue weighted by atomic mass is 10.1. The molecule has 2 aliphatic rings. The molecule has 24 heavy (non-hydrogen) atoms. The maximum absolute atomic E-state index is 5.42. The van der Waals surface area contributed by atoms with Gasteiger partial charge in [0.1, 0.15) is 0 Å². The Balaban J connectivity index is 0.00000208. The number of benzene rings is 1. The first-order chi connectivity index (χ1) is 11.3. The first kappa shape index (κ1) is 19.5. The normalized spacial score (nSPS) is 19.0. The number of nitrogens with one attached hydrogen (secondary N) is 2. The molecule has 1 aromatic carbocycles. The van der Waals surface area contributed by atoms with E-state index in [0.29, 0.717) is 12.0 Å².